The highest BCUT2D eigenvalue weighted by molar-refractivity contribution is 7.12. The van der Waals surface area contributed by atoms with Crippen LogP contribution in [0.25, 0.3) is 0 Å². The lowest BCUT2D eigenvalue weighted by Crippen LogP contribution is -2.46. The topological polar surface area (TPSA) is 135 Å². The van der Waals surface area contributed by atoms with E-state index in [-0.39, 0.29) is 0 Å². The summed E-state index contributed by atoms with van der Waals surface area (Å²) >= 11 is 4.87. The number of aromatic nitrogens is 3. The van der Waals surface area contributed by atoms with Crippen molar-refractivity contribution in [1.29, 1.82) is 0 Å². The maximum absolute atomic E-state index is 10.6. The zero-order valence-corrected chi connectivity index (χ0v) is 29.0. The molecule has 6 N–H and O–H groups in total. The van der Waals surface area contributed by atoms with Crippen molar-refractivity contribution in [2.75, 3.05) is 0 Å². The molecular weight excluding hydrogens is 625 g/mol. The molecule has 0 amide bonds. The summed E-state index contributed by atoms with van der Waals surface area (Å²) in [5.41, 5.74) is -0.948. The Morgan fingerprint density at radius 1 is 0.578 bits per heavy atom. The monoisotopic (exact) mass is 672 g/mol. The van der Waals surface area contributed by atoms with Crippen molar-refractivity contribution >= 4 is 34.0 Å². The molecule has 246 valence electrons. The maximum atomic E-state index is 10.6. The number of hydrogen-bond acceptors (Lipinski definition) is 12. The summed E-state index contributed by atoms with van der Waals surface area (Å²) in [6.45, 7) is 6.07. The minimum atomic E-state index is -0.657. The number of fused-ring (bicyclic) bond motifs is 6. The highest BCUT2D eigenvalue weighted by atomic mass is 32.1. The fourth-order valence-electron chi connectivity index (χ4n) is 8.60. The van der Waals surface area contributed by atoms with Gasteiger partial charge in [-0.15, -0.1) is 34.0 Å². The molecule has 6 fully saturated rings. The van der Waals surface area contributed by atoms with Crippen LogP contribution in [0.5, 0.6) is 0 Å². The normalized spacial score (nSPS) is 39.6. The van der Waals surface area contributed by atoms with E-state index in [2.05, 4.69) is 30.9 Å². The number of nitrogens with zero attached hydrogens (tertiary/aromatic N) is 3. The Morgan fingerprint density at radius 2 is 0.911 bits per heavy atom. The van der Waals surface area contributed by atoms with E-state index in [0.29, 0.717) is 36.3 Å². The molecule has 0 saturated carbocycles. The second-order valence-corrected chi connectivity index (χ2v) is 17.9. The zero-order valence-electron chi connectivity index (χ0n) is 26.6. The molecule has 3 aromatic rings. The number of rotatable bonds is 3. The minimum Gasteiger partial charge on any atom is -0.383 e. The third-order valence-corrected chi connectivity index (χ3v) is 13.9. The molecule has 45 heavy (non-hydrogen) atoms. The van der Waals surface area contributed by atoms with Gasteiger partial charge in [0.1, 0.15) is 31.8 Å². The second-order valence-electron chi connectivity index (χ2n) is 14.6. The Bertz CT molecular complexity index is 1270. The molecule has 0 spiro atoms. The molecule has 6 aliphatic heterocycles. The van der Waals surface area contributed by atoms with E-state index < -0.39 is 16.8 Å². The molecule has 9 rings (SSSR count). The van der Waals surface area contributed by atoms with E-state index in [1.807, 2.05) is 38.5 Å². The lowest BCUT2D eigenvalue weighted by atomic mass is 9.88. The molecule has 9 nitrogen and oxygen atoms in total. The van der Waals surface area contributed by atoms with Crippen molar-refractivity contribution < 1.29 is 15.3 Å². The van der Waals surface area contributed by atoms with Gasteiger partial charge in [0.15, 0.2) is 0 Å². The molecule has 3 aromatic heterocycles. The van der Waals surface area contributed by atoms with Gasteiger partial charge in [-0.25, -0.2) is 15.0 Å². The molecule has 0 aliphatic carbocycles. The molecule has 9 heterocycles. The second kappa shape index (κ2) is 12.6. The van der Waals surface area contributed by atoms with Gasteiger partial charge < -0.3 is 31.3 Å². The molecule has 6 unspecified atom stereocenters. The molecule has 6 atom stereocenters. The Labute approximate surface area is 278 Å². The predicted octanol–water partition coefficient (Wildman–Crippen LogP) is 4.66. The van der Waals surface area contributed by atoms with Gasteiger partial charge in [-0.2, -0.15) is 0 Å². The van der Waals surface area contributed by atoms with Crippen molar-refractivity contribution in [3.63, 3.8) is 0 Å². The Kier molecular flexibility index (Phi) is 9.01. The van der Waals surface area contributed by atoms with E-state index in [1.54, 1.807) is 34.0 Å². The summed E-state index contributed by atoms with van der Waals surface area (Å²) in [4.78, 5) is 15.5. The van der Waals surface area contributed by atoms with E-state index in [1.165, 1.54) is 48.3 Å². The lowest BCUT2D eigenvalue weighted by molar-refractivity contribution is -0.0121. The van der Waals surface area contributed by atoms with Gasteiger partial charge >= 0.3 is 0 Å². The van der Waals surface area contributed by atoms with Gasteiger partial charge in [-0.3, -0.25) is 0 Å². The summed E-state index contributed by atoms with van der Waals surface area (Å²) < 4.78 is 0. The minimum absolute atomic E-state index is 0.498. The Hall–Kier alpha value is -1.35. The van der Waals surface area contributed by atoms with Gasteiger partial charge in [0.05, 0.1) is 0 Å². The maximum Gasteiger partial charge on any atom is 0.125 e. The van der Waals surface area contributed by atoms with Gasteiger partial charge in [0.2, 0.25) is 0 Å². The van der Waals surface area contributed by atoms with Crippen molar-refractivity contribution in [3.8, 4) is 0 Å². The van der Waals surface area contributed by atoms with Crippen LogP contribution in [-0.4, -0.2) is 66.5 Å². The molecule has 6 bridgehead atoms. The average Bonchev–Trinajstić information content (AvgIpc) is 3.84. The highest BCUT2D eigenvalue weighted by Gasteiger charge is 2.47. The van der Waals surface area contributed by atoms with Crippen LogP contribution in [0.4, 0.5) is 0 Å². The Morgan fingerprint density at radius 3 is 1.18 bits per heavy atom. The summed E-state index contributed by atoms with van der Waals surface area (Å²) in [6, 6.07) is 2.99. The van der Waals surface area contributed by atoms with E-state index in [0.717, 1.165) is 59.2 Å². The number of aliphatic hydroxyl groups is 3. The van der Waals surface area contributed by atoms with Crippen LogP contribution in [0.3, 0.4) is 0 Å². The van der Waals surface area contributed by atoms with E-state index in [9.17, 15) is 15.3 Å². The first-order chi connectivity index (χ1) is 21.5. The smallest absolute Gasteiger partial charge is 0.125 e. The number of aryl methyl sites for hydroxylation is 3. The first-order valence-corrected chi connectivity index (χ1v) is 19.2. The number of nitrogens with one attached hydrogen (secondary N) is 3. The quantitative estimate of drug-likeness (QED) is 0.235. The summed E-state index contributed by atoms with van der Waals surface area (Å²) in [6.07, 6.45) is 15.9. The molecule has 0 aromatic carbocycles. The highest BCUT2D eigenvalue weighted by Crippen LogP contribution is 2.44. The van der Waals surface area contributed by atoms with Crippen molar-refractivity contribution in [2.45, 2.75) is 151 Å². The summed E-state index contributed by atoms with van der Waals surface area (Å²) in [7, 11) is 0. The molecular formula is C33H48N6O3S3. The first kappa shape index (κ1) is 32.2. The fraction of sp³-hybridized carbons (Fsp3) is 0.727. The van der Waals surface area contributed by atoms with Crippen LogP contribution < -0.4 is 16.0 Å². The van der Waals surface area contributed by atoms with Crippen LogP contribution in [-0.2, 0) is 16.8 Å². The van der Waals surface area contributed by atoms with E-state index in [4.69, 9.17) is 0 Å². The van der Waals surface area contributed by atoms with Crippen LogP contribution in [0, 0.1) is 20.8 Å². The van der Waals surface area contributed by atoms with Crippen molar-refractivity contribution in [2.24, 2.45) is 0 Å². The zero-order chi connectivity index (χ0) is 31.4. The van der Waals surface area contributed by atoms with Crippen LogP contribution in [0.2, 0.25) is 0 Å². The van der Waals surface area contributed by atoms with Crippen LogP contribution in [0.1, 0.15) is 108 Å². The van der Waals surface area contributed by atoms with Crippen LogP contribution in [0.15, 0.2) is 17.8 Å². The van der Waals surface area contributed by atoms with Crippen LogP contribution >= 0.6 is 34.0 Å². The number of thiazole rings is 3. The molecule has 12 heteroatoms. The van der Waals surface area contributed by atoms with Crippen molar-refractivity contribution in [1.82, 2.24) is 30.9 Å². The fourth-order valence-corrected chi connectivity index (χ4v) is 11.3. The SMILES string of the molecule is Cc1cnc(C2(O)CC3CCC(C2)N3)s1.Cc1cnc(C2(O)CC3CCC(C2)N3)s1.Cc1csc(C2(O)CC3CCC(C2)N3)n1. The average molecular weight is 673 g/mol. The lowest BCUT2D eigenvalue weighted by Gasteiger charge is -2.35. The third-order valence-electron chi connectivity index (χ3n) is 10.6. The largest absolute Gasteiger partial charge is 0.383 e. The number of piperidine rings is 3. The summed E-state index contributed by atoms with van der Waals surface area (Å²) in [5.74, 6) is 0. The van der Waals surface area contributed by atoms with Gasteiger partial charge in [0.25, 0.3) is 0 Å². The molecule has 6 aliphatic rings. The third kappa shape index (κ3) is 6.96. The Balaban J connectivity index is 0.000000108. The van der Waals surface area contributed by atoms with Gasteiger partial charge in [-0.1, -0.05) is 0 Å². The van der Waals surface area contributed by atoms with Gasteiger partial charge in [-0.05, 0) is 97.8 Å². The first-order valence-electron chi connectivity index (χ1n) is 16.7. The standard InChI is InChI=1S/3C11H16N2OS/c1-7-6-15-10(12-7)11(14)4-8-2-3-9(5-11)13-8;2*1-7-6-12-10(15-7)11(14)4-8-2-3-9(5-11)13-8/h3*6,8-9,13-14H,2-5H2,1H3. The summed E-state index contributed by atoms with van der Waals surface area (Å²) in [5, 5.41) is 47.3. The predicted molar refractivity (Wildman–Crippen MR) is 180 cm³/mol. The van der Waals surface area contributed by atoms with Crippen molar-refractivity contribution in [3.05, 3.63) is 48.2 Å². The molecule has 6 saturated heterocycles. The van der Waals surface area contributed by atoms with Gasteiger partial charge in [0, 0.05) is 69.5 Å². The molecule has 0 radical (unpaired) electrons. The van der Waals surface area contributed by atoms with E-state index >= 15 is 0 Å². The number of hydrogen-bond donors (Lipinski definition) is 6.